The average Bonchev–Trinajstić information content (AvgIpc) is 3.08. The van der Waals surface area contributed by atoms with Crippen LogP contribution in [0, 0.1) is 0 Å². The van der Waals surface area contributed by atoms with Crippen LogP contribution in [0.3, 0.4) is 0 Å². The maximum absolute atomic E-state index is 13.0. The molecule has 1 aromatic carbocycles. The minimum absolute atomic E-state index is 0.152. The molecule has 6 nitrogen and oxygen atoms in total. The molecule has 2 amide bonds. The van der Waals surface area contributed by atoms with E-state index in [9.17, 15) is 9.59 Å². The number of nitrogens with zero attached hydrogens (tertiary/aromatic N) is 2. The highest BCUT2D eigenvalue weighted by Gasteiger charge is 2.24. The Morgan fingerprint density at radius 3 is 2.50 bits per heavy atom. The van der Waals surface area contributed by atoms with E-state index in [1.807, 2.05) is 24.4 Å². The first-order valence-electron chi connectivity index (χ1n) is 9.78. The molecule has 2 heterocycles. The maximum Gasteiger partial charge on any atom is 0.276 e. The summed E-state index contributed by atoms with van der Waals surface area (Å²) in [6.45, 7) is 1.45. The molecule has 28 heavy (non-hydrogen) atoms. The number of rotatable bonds is 4. The topological polar surface area (TPSA) is 75.5 Å². The number of benzene rings is 1. The van der Waals surface area contributed by atoms with Gasteiger partial charge in [0.05, 0.1) is 5.52 Å². The van der Waals surface area contributed by atoms with Crippen LogP contribution in [0.2, 0.25) is 0 Å². The van der Waals surface area contributed by atoms with Crippen molar-refractivity contribution in [2.24, 2.45) is 0 Å². The van der Waals surface area contributed by atoms with E-state index in [4.69, 9.17) is 4.98 Å². The molecule has 144 valence electrons. The molecular formula is C22H24N4O2. The number of carbonyl (C=O) groups excluding carboxylic acids is 2. The van der Waals surface area contributed by atoms with Gasteiger partial charge in [0, 0.05) is 30.4 Å². The van der Waals surface area contributed by atoms with Crippen LogP contribution < -0.4 is 10.6 Å². The third kappa shape index (κ3) is 3.76. The smallest absolute Gasteiger partial charge is 0.276 e. The molecule has 4 rings (SSSR count). The van der Waals surface area contributed by atoms with E-state index in [2.05, 4.69) is 15.0 Å². The van der Waals surface area contributed by atoms with E-state index >= 15 is 0 Å². The molecule has 0 aliphatic heterocycles. The van der Waals surface area contributed by atoms with Crippen molar-refractivity contribution < 1.29 is 9.59 Å². The summed E-state index contributed by atoms with van der Waals surface area (Å²) < 4.78 is 2.05. The van der Waals surface area contributed by atoms with Crippen LogP contribution in [0.1, 0.15) is 61.3 Å². The Bertz CT molecular complexity index is 1020. The normalized spacial score (nSPS) is 14.8. The van der Waals surface area contributed by atoms with Gasteiger partial charge >= 0.3 is 0 Å². The highest BCUT2D eigenvalue weighted by atomic mass is 16.2. The van der Waals surface area contributed by atoms with Crippen molar-refractivity contribution >= 4 is 28.7 Å². The van der Waals surface area contributed by atoms with E-state index in [-0.39, 0.29) is 11.8 Å². The molecule has 2 N–H and O–H groups in total. The summed E-state index contributed by atoms with van der Waals surface area (Å²) in [5.74, 6) is 0.979. The van der Waals surface area contributed by atoms with E-state index in [1.165, 1.54) is 26.2 Å². The first-order chi connectivity index (χ1) is 13.6. The first-order valence-corrected chi connectivity index (χ1v) is 9.78. The number of hydrogen-bond acceptors (Lipinski definition) is 3. The Morgan fingerprint density at radius 2 is 1.75 bits per heavy atom. The van der Waals surface area contributed by atoms with E-state index in [0.717, 1.165) is 24.2 Å². The molecular weight excluding hydrogens is 352 g/mol. The van der Waals surface area contributed by atoms with Gasteiger partial charge in [-0.1, -0.05) is 31.4 Å². The lowest BCUT2D eigenvalue weighted by Gasteiger charge is -2.20. The van der Waals surface area contributed by atoms with Crippen molar-refractivity contribution in [3.8, 4) is 0 Å². The highest BCUT2D eigenvalue weighted by molar-refractivity contribution is 6.08. The second-order valence-electron chi connectivity index (χ2n) is 7.33. The van der Waals surface area contributed by atoms with Crippen molar-refractivity contribution in [1.82, 2.24) is 9.38 Å². The van der Waals surface area contributed by atoms with Crippen LogP contribution in [0.5, 0.6) is 0 Å². The van der Waals surface area contributed by atoms with Crippen LogP contribution in [-0.4, -0.2) is 21.2 Å². The number of aromatic nitrogens is 2. The number of imidazole rings is 1. The van der Waals surface area contributed by atoms with E-state index in [1.54, 1.807) is 24.3 Å². The monoisotopic (exact) mass is 376 g/mol. The summed E-state index contributed by atoms with van der Waals surface area (Å²) in [6.07, 6.45) is 7.92. The zero-order valence-corrected chi connectivity index (χ0v) is 15.9. The molecule has 0 atom stereocenters. The molecule has 2 aromatic heterocycles. The molecule has 0 bridgehead atoms. The Balaban J connectivity index is 1.63. The summed E-state index contributed by atoms with van der Waals surface area (Å²) in [7, 11) is 0. The van der Waals surface area contributed by atoms with Gasteiger partial charge < -0.3 is 15.0 Å². The van der Waals surface area contributed by atoms with Crippen LogP contribution in [0.15, 0.2) is 48.7 Å². The van der Waals surface area contributed by atoms with Crippen molar-refractivity contribution in [2.45, 2.75) is 44.9 Å². The lowest BCUT2D eigenvalue weighted by molar-refractivity contribution is -0.114. The SMILES string of the molecule is CC(=O)Nc1cccc(NC(=O)c2nc(C3CCCCC3)n3ccccc23)c1. The van der Waals surface area contributed by atoms with Crippen molar-refractivity contribution in [2.75, 3.05) is 10.6 Å². The van der Waals surface area contributed by atoms with Crippen molar-refractivity contribution in [3.63, 3.8) is 0 Å². The Morgan fingerprint density at radius 1 is 1.00 bits per heavy atom. The fraction of sp³-hybridized carbons (Fsp3) is 0.318. The molecule has 0 radical (unpaired) electrons. The number of pyridine rings is 1. The third-order valence-electron chi connectivity index (χ3n) is 5.20. The number of amides is 2. The van der Waals surface area contributed by atoms with E-state index in [0.29, 0.717) is 23.0 Å². The molecule has 1 aliphatic carbocycles. The molecule has 1 saturated carbocycles. The summed E-state index contributed by atoms with van der Waals surface area (Å²) in [6, 6.07) is 12.9. The quantitative estimate of drug-likeness (QED) is 0.699. The van der Waals surface area contributed by atoms with Crippen LogP contribution in [0.4, 0.5) is 11.4 Å². The lowest BCUT2D eigenvalue weighted by Crippen LogP contribution is -2.14. The maximum atomic E-state index is 13.0. The molecule has 1 aliphatic rings. The predicted molar refractivity (Wildman–Crippen MR) is 110 cm³/mol. The fourth-order valence-corrected chi connectivity index (χ4v) is 3.95. The van der Waals surface area contributed by atoms with Gasteiger partial charge in [-0.2, -0.15) is 0 Å². The number of nitrogens with one attached hydrogen (secondary N) is 2. The Kier molecular flexibility index (Phi) is 5.10. The largest absolute Gasteiger partial charge is 0.326 e. The number of anilines is 2. The van der Waals surface area contributed by atoms with E-state index < -0.39 is 0 Å². The second-order valence-corrected chi connectivity index (χ2v) is 7.33. The lowest BCUT2D eigenvalue weighted by atomic mass is 9.89. The van der Waals surface area contributed by atoms with Gasteiger partial charge in [-0.05, 0) is 43.2 Å². The minimum atomic E-state index is -0.245. The predicted octanol–water partition coefficient (Wildman–Crippen LogP) is 4.59. The van der Waals surface area contributed by atoms with Crippen LogP contribution >= 0.6 is 0 Å². The van der Waals surface area contributed by atoms with Gasteiger partial charge in [-0.25, -0.2) is 4.98 Å². The molecule has 0 saturated heterocycles. The zero-order chi connectivity index (χ0) is 19.5. The molecule has 6 heteroatoms. The number of carbonyl (C=O) groups is 2. The average molecular weight is 376 g/mol. The summed E-state index contributed by atoms with van der Waals surface area (Å²) in [4.78, 5) is 29.0. The third-order valence-corrected chi connectivity index (χ3v) is 5.20. The molecule has 0 unspecified atom stereocenters. The van der Waals surface area contributed by atoms with Crippen LogP contribution in [-0.2, 0) is 4.79 Å². The van der Waals surface area contributed by atoms with Gasteiger partial charge in [-0.15, -0.1) is 0 Å². The number of hydrogen-bond donors (Lipinski definition) is 2. The van der Waals surface area contributed by atoms with Gasteiger partial charge in [0.2, 0.25) is 5.91 Å². The Labute approximate surface area is 164 Å². The summed E-state index contributed by atoms with van der Waals surface area (Å²) in [5.41, 5.74) is 2.51. The Hall–Kier alpha value is -3.15. The summed E-state index contributed by atoms with van der Waals surface area (Å²) >= 11 is 0. The van der Waals surface area contributed by atoms with Gasteiger partial charge in [0.15, 0.2) is 5.69 Å². The van der Waals surface area contributed by atoms with Crippen molar-refractivity contribution in [1.29, 1.82) is 0 Å². The van der Waals surface area contributed by atoms with Crippen molar-refractivity contribution in [3.05, 3.63) is 60.2 Å². The second kappa shape index (κ2) is 7.84. The van der Waals surface area contributed by atoms with Gasteiger partial charge in [-0.3, -0.25) is 9.59 Å². The fourth-order valence-electron chi connectivity index (χ4n) is 3.95. The zero-order valence-electron chi connectivity index (χ0n) is 15.9. The highest BCUT2D eigenvalue weighted by Crippen LogP contribution is 2.33. The molecule has 1 fully saturated rings. The van der Waals surface area contributed by atoms with Gasteiger partial charge in [0.1, 0.15) is 5.82 Å². The molecule has 3 aromatic rings. The number of fused-ring (bicyclic) bond motifs is 1. The van der Waals surface area contributed by atoms with Gasteiger partial charge in [0.25, 0.3) is 5.91 Å². The standard InChI is InChI=1S/C22H24N4O2/c1-15(27)23-17-10-7-11-18(14-17)24-22(28)20-19-12-5-6-13-26(19)21(25-20)16-8-3-2-4-9-16/h5-7,10-14,16H,2-4,8-9H2,1H3,(H,23,27)(H,24,28). The summed E-state index contributed by atoms with van der Waals surface area (Å²) in [5, 5.41) is 5.64. The van der Waals surface area contributed by atoms with Crippen LogP contribution in [0.25, 0.3) is 5.52 Å². The minimum Gasteiger partial charge on any atom is -0.326 e. The first kappa shape index (κ1) is 18.2. The molecule has 0 spiro atoms.